The van der Waals surface area contributed by atoms with E-state index in [1.807, 2.05) is 0 Å². The average Bonchev–Trinajstić information content (AvgIpc) is 2.61. The maximum absolute atomic E-state index is 12.2. The number of rotatable bonds is 7. The number of halogens is 2. The monoisotopic (exact) mass is 380 g/mol. The minimum Gasteiger partial charge on any atom is -0.449 e. The van der Waals surface area contributed by atoms with Gasteiger partial charge >= 0.3 is 12.6 Å². The number of esters is 1. The van der Waals surface area contributed by atoms with Crippen molar-refractivity contribution in [2.45, 2.75) is 19.6 Å². The SMILES string of the molecule is C[C@@H](OC(=O)c1cccc(OC(F)F)c1)C(=O)Nc1ccccc1[N+](=O)[O-]. The van der Waals surface area contributed by atoms with Gasteiger partial charge in [-0.3, -0.25) is 14.9 Å². The summed E-state index contributed by atoms with van der Waals surface area (Å²) < 4.78 is 33.6. The number of hydrogen-bond acceptors (Lipinski definition) is 6. The van der Waals surface area contributed by atoms with Crippen molar-refractivity contribution in [3.05, 3.63) is 64.2 Å². The summed E-state index contributed by atoms with van der Waals surface area (Å²) in [7, 11) is 0. The Labute approximate surface area is 151 Å². The third kappa shape index (κ3) is 5.46. The average molecular weight is 380 g/mol. The molecule has 2 aromatic carbocycles. The van der Waals surface area contributed by atoms with E-state index in [0.29, 0.717) is 0 Å². The Hall–Kier alpha value is -3.56. The molecule has 2 rings (SSSR count). The van der Waals surface area contributed by atoms with Crippen LogP contribution in [0.4, 0.5) is 20.2 Å². The number of alkyl halides is 2. The number of ether oxygens (including phenoxy) is 2. The van der Waals surface area contributed by atoms with E-state index >= 15 is 0 Å². The number of carbonyl (C=O) groups excluding carboxylic acids is 2. The molecule has 0 bridgehead atoms. The molecule has 0 aromatic heterocycles. The highest BCUT2D eigenvalue weighted by molar-refractivity contribution is 5.98. The van der Waals surface area contributed by atoms with Crippen LogP contribution in [0.25, 0.3) is 0 Å². The van der Waals surface area contributed by atoms with Crippen molar-refractivity contribution in [1.29, 1.82) is 0 Å². The van der Waals surface area contributed by atoms with Gasteiger partial charge in [0.05, 0.1) is 10.5 Å². The number of nitro groups is 1. The van der Waals surface area contributed by atoms with Gasteiger partial charge < -0.3 is 14.8 Å². The molecule has 0 saturated heterocycles. The summed E-state index contributed by atoms with van der Waals surface area (Å²) in [6.45, 7) is -1.79. The molecule has 0 unspecified atom stereocenters. The number of hydrogen-bond donors (Lipinski definition) is 1. The molecule has 1 atom stereocenters. The number of nitro benzene ring substituents is 1. The van der Waals surface area contributed by atoms with E-state index in [9.17, 15) is 28.5 Å². The number of amides is 1. The van der Waals surface area contributed by atoms with Gasteiger partial charge in [0.2, 0.25) is 0 Å². The number of nitrogens with one attached hydrogen (secondary N) is 1. The van der Waals surface area contributed by atoms with Crippen molar-refractivity contribution in [3.8, 4) is 5.75 Å². The van der Waals surface area contributed by atoms with Crippen LogP contribution in [-0.2, 0) is 9.53 Å². The lowest BCUT2D eigenvalue weighted by Crippen LogP contribution is -2.30. The van der Waals surface area contributed by atoms with Crippen molar-refractivity contribution in [2.24, 2.45) is 0 Å². The fourth-order valence-corrected chi connectivity index (χ4v) is 2.05. The zero-order chi connectivity index (χ0) is 20.0. The van der Waals surface area contributed by atoms with Crippen LogP contribution in [-0.4, -0.2) is 29.5 Å². The highest BCUT2D eigenvalue weighted by Gasteiger charge is 2.22. The lowest BCUT2D eigenvalue weighted by molar-refractivity contribution is -0.383. The van der Waals surface area contributed by atoms with Gasteiger partial charge in [-0.25, -0.2) is 4.79 Å². The second kappa shape index (κ2) is 8.70. The van der Waals surface area contributed by atoms with Gasteiger partial charge in [-0.15, -0.1) is 0 Å². The van der Waals surface area contributed by atoms with Crippen LogP contribution < -0.4 is 10.1 Å². The Bertz CT molecular complexity index is 859. The van der Waals surface area contributed by atoms with Crippen LogP contribution >= 0.6 is 0 Å². The normalized spacial score (nSPS) is 11.6. The molecule has 10 heteroatoms. The van der Waals surface area contributed by atoms with E-state index in [4.69, 9.17) is 4.74 Å². The molecule has 0 aliphatic carbocycles. The summed E-state index contributed by atoms with van der Waals surface area (Å²) in [4.78, 5) is 34.5. The highest BCUT2D eigenvalue weighted by atomic mass is 19.3. The fourth-order valence-electron chi connectivity index (χ4n) is 2.05. The molecule has 142 valence electrons. The number of nitrogens with zero attached hydrogens (tertiary/aromatic N) is 1. The molecule has 0 aliphatic rings. The minimum absolute atomic E-state index is 0.0530. The van der Waals surface area contributed by atoms with Gasteiger partial charge in [-0.1, -0.05) is 18.2 Å². The molecule has 0 saturated carbocycles. The Morgan fingerprint density at radius 2 is 1.85 bits per heavy atom. The molecule has 0 aliphatic heterocycles. The van der Waals surface area contributed by atoms with E-state index in [2.05, 4.69) is 10.1 Å². The lowest BCUT2D eigenvalue weighted by atomic mass is 10.2. The van der Waals surface area contributed by atoms with Gasteiger partial charge in [0, 0.05) is 6.07 Å². The zero-order valence-electron chi connectivity index (χ0n) is 13.9. The fraction of sp³-hybridized carbons (Fsp3) is 0.176. The topological polar surface area (TPSA) is 108 Å². The van der Waals surface area contributed by atoms with Crippen molar-refractivity contribution in [1.82, 2.24) is 0 Å². The Kier molecular flexibility index (Phi) is 6.36. The number of benzene rings is 2. The number of carbonyl (C=O) groups is 2. The minimum atomic E-state index is -3.05. The molecule has 8 nitrogen and oxygen atoms in total. The Morgan fingerprint density at radius 1 is 1.15 bits per heavy atom. The van der Waals surface area contributed by atoms with E-state index < -0.39 is 29.5 Å². The first kappa shape index (κ1) is 19.8. The van der Waals surface area contributed by atoms with Crippen LogP contribution in [0.15, 0.2) is 48.5 Å². The molecule has 0 radical (unpaired) electrons. The molecular weight excluding hydrogens is 366 g/mol. The first-order valence-corrected chi connectivity index (χ1v) is 7.58. The quantitative estimate of drug-likeness (QED) is 0.448. The van der Waals surface area contributed by atoms with Crippen LogP contribution in [0.3, 0.4) is 0 Å². The number of para-hydroxylation sites is 2. The second-order valence-corrected chi connectivity index (χ2v) is 5.22. The third-order valence-electron chi connectivity index (χ3n) is 3.31. The maximum atomic E-state index is 12.2. The standard InChI is InChI=1S/C17H14F2N2O6/c1-10(15(22)20-13-7-2-3-8-14(13)21(24)25)26-16(23)11-5-4-6-12(9-11)27-17(18)19/h2-10,17H,1H3,(H,20,22)/t10-/m1/s1. The van der Waals surface area contributed by atoms with Gasteiger partial charge in [-0.05, 0) is 31.2 Å². The molecule has 1 amide bonds. The molecular formula is C17H14F2N2O6. The van der Waals surface area contributed by atoms with Crippen LogP contribution in [0.2, 0.25) is 0 Å². The third-order valence-corrected chi connectivity index (χ3v) is 3.31. The number of anilines is 1. The van der Waals surface area contributed by atoms with E-state index in [-0.39, 0.29) is 22.7 Å². The van der Waals surface area contributed by atoms with Crippen molar-refractivity contribution < 1.29 is 32.8 Å². The summed E-state index contributed by atoms with van der Waals surface area (Å²) in [6.07, 6.45) is -1.29. The predicted octanol–water partition coefficient (Wildman–Crippen LogP) is 3.38. The molecule has 0 heterocycles. The van der Waals surface area contributed by atoms with Crippen LogP contribution in [0.1, 0.15) is 17.3 Å². The summed E-state index contributed by atoms with van der Waals surface area (Å²) in [6, 6.07) is 10.4. The summed E-state index contributed by atoms with van der Waals surface area (Å²) in [5.74, 6) is -1.98. The van der Waals surface area contributed by atoms with E-state index in [1.54, 1.807) is 0 Å². The van der Waals surface area contributed by atoms with Crippen molar-refractivity contribution in [2.75, 3.05) is 5.32 Å². The summed E-state index contributed by atoms with van der Waals surface area (Å²) in [5, 5.41) is 13.3. The smallest absolute Gasteiger partial charge is 0.387 e. The van der Waals surface area contributed by atoms with Gasteiger partial charge in [0.25, 0.3) is 11.6 Å². The highest BCUT2D eigenvalue weighted by Crippen LogP contribution is 2.23. The predicted molar refractivity (Wildman–Crippen MR) is 89.7 cm³/mol. The molecule has 1 N–H and O–H groups in total. The maximum Gasteiger partial charge on any atom is 0.387 e. The first-order valence-electron chi connectivity index (χ1n) is 7.58. The van der Waals surface area contributed by atoms with Crippen LogP contribution in [0, 0.1) is 10.1 Å². The molecule has 0 fully saturated rings. The first-order chi connectivity index (χ1) is 12.8. The van der Waals surface area contributed by atoms with Crippen LogP contribution in [0.5, 0.6) is 5.75 Å². The molecule has 27 heavy (non-hydrogen) atoms. The Balaban J connectivity index is 2.04. The van der Waals surface area contributed by atoms with Gasteiger partial charge in [-0.2, -0.15) is 8.78 Å². The van der Waals surface area contributed by atoms with Crippen molar-refractivity contribution >= 4 is 23.3 Å². The Morgan fingerprint density at radius 3 is 2.52 bits per heavy atom. The van der Waals surface area contributed by atoms with Gasteiger partial charge in [0.1, 0.15) is 11.4 Å². The van der Waals surface area contributed by atoms with E-state index in [0.717, 1.165) is 6.07 Å². The molecule has 2 aromatic rings. The summed E-state index contributed by atoms with van der Waals surface area (Å²) in [5.41, 5.74) is -0.470. The van der Waals surface area contributed by atoms with E-state index in [1.165, 1.54) is 49.4 Å². The summed E-state index contributed by atoms with van der Waals surface area (Å²) >= 11 is 0. The van der Waals surface area contributed by atoms with Crippen molar-refractivity contribution in [3.63, 3.8) is 0 Å². The second-order valence-electron chi connectivity index (χ2n) is 5.22. The largest absolute Gasteiger partial charge is 0.449 e. The molecule has 0 spiro atoms. The lowest BCUT2D eigenvalue weighted by Gasteiger charge is -2.14. The van der Waals surface area contributed by atoms with Gasteiger partial charge in [0.15, 0.2) is 6.10 Å². The zero-order valence-corrected chi connectivity index (χ0v) is 13.9.